The molecule has 46 heavy (non-hydrogen) atoms. The molecule has 2 nitrogen and oxygen atoms in total. The summed E-state index contributed by atoms with van der Waals surface area (Å²) in [6, 6.07) is 67.3. The van der Waals surface area contributed by atoms with E-state index in [0.29, 0.717) is 0 Å². The minimum atomic E-state index is -2.93. The molecule has 8 rings (SSSR count). The van der Waals surface area contributed by atoms with Gasteiger partial charge < -0.3 is 4.57 Å². The van der Waals surface area contributed by atoms with Gasteiger partial charge in [0, 0.05) is 21.9 Å². The molecule has 0 spiro atoms. The zero-order valence-electron chi connectivity index (χ0n) is 25.2. The quantitative estimate of drug-likeness (QED) is 0.142. The minimum absolute atomic E-state index is 0.721. The van der Waals surface area contributed by atoms with Crippen LogP contribution in [0, 0.1) is 11.3 Å². The molecule has 1 heterocycles. The Kier molecular flexibility index (Phi) is 6.91. The molecule has 3 heteroatoms. The van der Waals surface area contributed by atoms with Gasteiger partial charge in [-0.2, -0.15) is 5.26 Å². The van der Waals surface area contributed by atoms with Gasteiger partial charge in [-0.15, -0.1) is 0 Å². The van der Waals surface area contributed by atoms with Gasteiger partial charge in [0.1, 0.15) is 0 Å². The first-order chi connectivity index (χ1) is 22.8. The number of rotatable bonds is 6. The first-order valence-electron chi connectivity index (χ1n) is 15.6. The Morgan fingerprint density at radius 1 is 0.413 bits per heavy atom. The molecule has 0 saturated carbocycles. The Balaban J connectivity index is 1.47. The second kappa shape index (κ2) is 11.5. The van der Waals surface area contributed by atoms with Crippen LogP contribution in [0.3, 0.4) is 0 Å². The average molecular weight is 603 g/mol. The van der Waals surface area contributed by atoms with Crippen molar-refractivity contribution >= 4 is 50.6 Å². The van der Waals surface area contributed by atoms with Gasteiger partial charge in [0.2, 0.25) is 0 Å². The van der Waals surface area contributed by atoms with E-state index in [1.165, 1.54) is 26.3 Å². The maximum atomic E-state index is 11.2. The van der Waals surface area contributed by atoms with Gasteiger partial charge in [0.25, 0.3) is 0 Å². The van der Waals surface area contributed by atoms with E-state index in [4.69, 9.17) is 0 Å². The summed E-state index contributed by atoms with van der Waals surface area (Å²) in [4.78, 5) is 0. The van der Waals surface area contributed by atoms with Crippen LogP contribution in [0.2, 0.25) is 0 Å². The average Bonchev–Trinajstić information content (AvgIpc) is 3.47. The van der Waals surface area contributed by atoms with Crippen LogP contribution in [0.25, 0.3) is 38.6 Å². The molecular formula is C43H30N2Si. The summed E-state index contributed by atoms with van der Waals surface area (Å²) in [6.45, 7) is 0. The molecule has 0 saturated heterocycles. The molecule has 0 aliphatic heterocycles. The lowest BCUT2D eigenvalue weighted by Crippen LogP contribution is -2.75. The maximum Gasteiger partial charge on any atom is 0.180 e. The molecule has 7 aromatic carbocycles. The number of hydrogen-bond donors (Lipinski definition) is 0. The van der Waals surface area contributed by atoms with E-state index in [1.807, 2.05) is 0 Å². The summed E-state index contributed by atoms with van der Waals surface area (Å²) in [5.74, 6) is 0. The number of fused-ring (bicyclic) bond motifs is 3. The highest BCUT2D eigenvalue weighted by Crippen LogP contribution is 2.37. The van der Waals surface area contributed by atoms with Crippen LogP contribution in [0.5, 0.6) is 0 Å². The zero-order chi connectivity index (χ0) is 30.9. The monoisotopic (exact) mass is 602 g/mol. The molecule has 8 aromatic rings. The Morgan fingerprint density at radius 3 is 1.37 bits per heavy atom. The Hall–Kier alpha value is -5.95. The van der Waals surface area contributed by atoms with Crippen LogP contribution in [0.15, 0.2) is 182 Å². The van der Waals surface area contributed by atoms with Crippen molar-refractivity contribution in [1.82, 2.24) is 4.57 Å². The van der Waals surface area contributed by atoms with Crippen molar-refractivity contribution in [3.8, 4) is 22.9 Å². The molecule has 0 amide bonds. The van der Waals surface area contributed by atoms with Crippen molar-refractivity contribution in [3.63, 3.8) is 0 Å². The maximum absolute atomic E-state index is 11.2. The van der Waals surface area contributed by atoms with Gasteiger partial charge in [-0.05, 0) is 38.9 Å². The van der Waals surface area contributed by atoms with Crippen LogP contribution >= 0.6 is 0 Å². The SMILES string of the molecule is N#Cc1c(-c2ccccc2-n2c3ccccc3c3ccccc32)cccc1[Si](c1ccccc1)(c1ccccc1)c1ccccc1. The molecule has 0 N–H and O–H groups in total. The second-order valence-corrected chi connectivity index (χ2v) is 15.3. The lowest BCUT2D eigenvalue weighted by atomic mass is 9.98. The first-order valence-corrected chi connectivity index (χ1v) is 17.6. The molecular weight excluding hydrogens is 573 g/mol. The van der Waals surface area contributed by atoms with Gasteiger partial charge in [-0.25, -0.2) is 0 Å². The summed E-state index contributed by atoms with van der Waals surface area (Å²) in [7, 11) is -2.93. The smallest absolute Gasteiger partial charge is 0.180 e. The van der Waals surface area contributed by atoms with Crippen LogP contribution in [-0.4, -0.2) is 12.6 Å². The molecule has 216 valence electrons. The van der Waals surface area contributed by atoms with E-state index < -0.39 is 8.07 Å². The Bertz CT molecular complexity index is 2220. The summed E-state index contributed by atoms with van der Waals surface area (Å²) in [5, 5.41) is 18.5. The van der Waals surface area contributed by atoms with Crippen molar-refractivity contribution in [2.24, 2.45) is 0 Å². The lowest BCUT2D eigenvalue weighted by Gasteiger charge is -2.35. The third kappa shape index (κ3) is 4.23. The molecule has 0 fully saturated rings. The van der Waals surface area contributed by atoms with E-state index in [2.05, 4.69) is 193 Å². The van der Waals surface area contributed by atoms with Crippen molar-refractivity contribution < 1.29 is 0 Å². The van der Waals surface area contributed by atoms with E-state index >= 15 is 0 Å². The van der Waals surface area contributed by atoms with E-state index in [-0.39, 0.29) is 0 Å². The summed E-state index contributed by atoms with van der Waals surface area (Å²) >= 11 is 0. The fraction of sp³-hybridized carbons (Fsp3) is 0. The van der Waals surface area contributed by atoms with Gasteiger partial charge >= 0.3 is 0 Å². The number of nitriles is 1. The van der Waals surface area contributed by atoms with E-state index in [0.717, 1.165) is 38.6 Å². The zero-order valence-corrected chi connectivity index (χ0v) is 26.2. The fourth-order valence-corrected chi connectivity index (χ4v) is 12.2. The second-order valence-electron chi connectivity index (χ2n) is 11.6. The Labute approximate surface area is 270 Å². The van der Waals surface area contributed by atoms with Crippen LogP contribution < -0.4 is 20.7 Å². The van der Waals surface area contributed by atoms with Gasteiger partial charge in [0.15, 0.2) is 8.07 Å². The van der Waals surface area contributed by atoms with Gasteiger partial charge in [-0.1, -0.05) is 164 Å². The largest absolute Gasteiger partial charge is 0.309 e. The molecule has 1 aromatic heterocycles. The molecule has 0 unspecified atom stereocenters. The highest BCUT2D eigenvalue weighted by atomic mass is 28.3. The third-order valence-corrected chi connectivity index (χ3v) is 14.0. The highest BCUT2D eigenvalue weighted by Gasteiger charge is 2.43. The molecule has 0 radical (unpaired) electrons. The fourth-order valence-electron chi connectivity index (χ4n) is 7.32. The first kappa shape index (κ1) is 27.6. The van der Waals surface area contributed by atoms with Gasteiger partial charge in [0.05, 0.1) is 28.4 Å². The summed E-state index contributed by atoms with van der Waals surface area (Å²) in [6.07, 6.45) is 0. The summed E-state index contributed by atoms with van der Waals surface area (Å²) in [5.41, 5.74) is 6.04. The molecule has 0 aliphatic carbocycles. The third-order valence-electron chi connectivity index (χ3n) is 9.22. The minimum Gasteiger partial charge on any atom is -0.309 e. The predicted octanol–water partition coefficient (Wildman–Crippen LogP) is 7.70. The number of aromatic nitrogens is 1. The van der Waals surface area contributed by atoms with Crippen LogP contribution in [-0.2, 0) is 0 Å². The van der Waals surface area contributed by atoms with Crippen LogP contribution in [0.1, 0.15) is 5.56 Å². The van der Waals surface area contributed by atoms with Crippen molar-refractivity contribution in [3.05, 3.63) is 188 Å². The highest BCUT2D eigenvalue weighted by molar-refractivity contribution is 7.20. The Morgan fingerprint density at radius 2 is 0.848 bits per heavy atom. The topological polar surface area (TPSA) is 28.7 Å². The summed E-state index contributed by atoms with van der Waals surface area (Å²) < 4.78 is 2.35. The van der Waals surface area contributed by atoms with Crippen molar-refractivity contribution in [1.29, 1.82) is 5.26 Å². The molecule has 0 aliphatic rings. The van der Waals surface area contributed by atoms with E-state index in [9.17, 15) is 5.26 Å². The number of benzene rings is 7. The van der Waals surface area contributed by atoms with Crippen molar-refractivity contribution in [2.75, 3.05) is 0 Å². The number of hydrogen-bond acceptors (Lipinski definition) is 1. The standard InChI is InChI=1S/C43H30N2Si/c44-31-39-35(36-23-10-13-27-40(36)45-41-28-14-11-24-37(41)38-25-12-15-29-42(38)45)26-16-30-43(39)46(32-17-4-1-5-18-32,33-19-6-2-7-20-33)34-21-8-3-9-22-34/h1-30H. The van der Waals surface area contributed by atoms with Crippen molar-refractivity contribution in [2.45, 2.75) is 0 Å². The molecule has 0 bridgehead atoms. The number of nitrogens with zero attached hydrogens (tertiary/aromatic N) is 2. The molecule has 0 atom stereocenters. The number of para-hydroxylation sites is 3. The van der Waals surface area contributed by atoms with E-state index in [1.54, 1.807) is 0 Å². The predicted molar refractivity (Wildman–Crippen MR) is 195 cm³/mol. The van der Waals surface area contributed by atoms with Gasteiger partial charge in [-0.3, -0.25) is 0 Å². The van der Waals surface area contributed by atoms with Crippen LogP contribution in [0.4, 0.5) is 0 Å². The normalized spacial score (nSPS) is 11.5. The lowest BCUT2D eigenvalue weighted by molar-refractivity contribution is 1.18.